The molecule has 0 unspecified atom stereocenters. The van der Waals surface area contributed by atoms with Gasteiger partial charge in [0.05, 0.1) is 33.5 Å². The Labute approximate surface area is 189 Å². The van der Waals surface area contributed by atoms with E-state index >= 15 is 0 Å². The lowest BCUT2D eigenvalue weighted by Gasteiger charge is -2.35. The lowest BCUT2D eigenvalue weighted by Crippen LogP contribution is -2.40. The van der Waals surface area contributed by atoms with E-state index in [1.54, 1.807) is 42.9 Å². The van der Waals surface area contributed by atoms with Crippen molar-refractivity contribution < 1.29 is 14.3 Å². The van der Waals surface area contributed by atoms with E-state index in [0.29, 0.717) is 32.8 Å². The van der Waals surface area contributed by atoms with Gasteiger partial charge in [0, 0.05) is 18.5 Å². The number of ether oxygens (including phenoxy) is 2. The minimum atomic E-state index is -0.400. The standard InChI is InChI=1S/C22H24ClN3O4S/c1-4-30-18(27)11-26-19-14(5-7-16(23)21(19)31-3)20(28)15-6-8-17(25-22(15)26)24-12-9-13(10-12)29-2/h5-8,12-13H,4,9-11H2,1-3H3,(H,24,25). The quantitative estimate of drug-likeness (QED) is 0.322. The molecule has 0 amide bonds. The van der Waals surface area contributed by atoms with Gasteiger partial charge in [0.25, 0.3) is 0 Å². The Bertz CT molecular complexity index is 1210. The van der Waals surface area contributed by atoms with Crippen molar-refractivity contribution in [2.24, 2.45) is 0 Å². The van der Waals surface area contributed by atoms with Crippen LogP contribution in [0, 0.1) is 0 Å². The first-order chi connectivity index (χ1) is 15.0. The number of benzene rings is 1. The Morgan fingerprint density at radius 3 is 2.71 bits per heavy atom. The molecule has 2 heterocycles. The van der Waals surface area contributed by atoms with Crippen molar-refractivity contribution in [1.82, 2.24) is 9.55 Å². The fourth-order valence-electron chi connectivity index (χ4n) is 3.93. The number of halogens is 1. The molecule has 31 heavy (non-hydrogen) atoms. The molecule has 0 bridgehead atoms. The Hall–Kier alpha value is -2.29. The molecular formula is C22H24ClN3O4S. The van der Waals surface area contributed by atoms with E-state index in [9.17, 15) is 9.59 Å². The lowest BCUT2D eigenvalue weighted by molar-refractivity contribution is -0.143. The first-order valence-electron chi connectivity index (χ1n) is 10.1. The van der Waals surface area contributed by atoms with Gasteiger partial charge >= 0.3 is 5.97 Å². The topological polar surface area (TPSA) is 82.5 Å². The van der Waals surface area contributed by atoms with Gasteiger partial charge in [-0.1, -0.05) is 11.6 Å². The maximum Gasteiger partial charge on any atom is 0.326 e. The highest BCUT2D eigenvalue weighted by atomic mass is 35.5. The molecule has 2 aromatic heterocycles. The molecule has 1 aliphatic carbocycles. The highest BCUT2D eigenvalue weighted by Gasteiger charge is 2.29. The summed E-state index contributed by atoms with van der Waals surface area (Å²) in [5.41, 5.74) is 0.883. The van der Waals surface area contributed by atoms with Gasteiger partial charge in [0.15, 0.2) is 5.43 Å². The summed E-state index contributed by atoms with van der Waals surface area (Å²) in [4.78, 5) is 31.1. The first kappa shape index (κ1) is 21.9. The second-order valence-corrected chi connectivity index (χ2v) is 8.66. The molecule has 4 rings (SSSR count). The normalized spacial score (nSPS) is 18.2. The number of hydrogen-bond acceptors (Lipinski definition) is 7. The van der Waals surface area contributed by atoms with Gasteiger partial charge in [0.1, 0.15) is 18.0 Å². The fraction of sp³-hybridized carbons (Fsp3) is 0.409. The molecule has 1 aromatic carbocycles. The van der Waals surface area contributed by atoms with E-state index in [4.69, 9.17) is 26.1 Å². The Kier molecular flexibility index (Phi) is 6.41. The van der Waals surface area contributed by atoms with Gasteiger partial charge in [-0.2, -0.15) is 0 Å². The third kappa shape index (κ3) is 4.12. The van der Waals surface area contributed by atoms with Gasteiger partial charge in [-0.25, -0.2) is 4.98 Å². The fourth-order valence-corrected chi connectivity index (χ4v) is 4.99. The number of nitrogens with one attached hydrogen (secondary N) is 1. The van der Waals surface area contributed by atoms with Gasteiger partial charge in [-0.15, -0.1) is 11.8 Å². The van der Waals surface area contributed by atoms with Crippen LogP contribution < -0.4 is 10.7 Å². The largest absolute Gasteiger partial charge is 0.465 e. The number of aromatic nitrogens is 2. The zero-order valence-electron chi connectivity index (χ0n) is 17.6. The van der Waals surface area contributed by atoms with Crippen molar-refractivity contribution in [2.45, 2.75) is 43.4 Å². The number of pyridine rings is 2. The van der Waals surface area contributed by atoms with E-state index in [1.165, 1.54) is 11.8 Å². The molecule has 0 aliphatic heterocycles. The summed E-state index contributed by atoms with van der Waals surface area (Å²) in [5.74, 6) is 0.249. The number of esters is 1. The zero-order valence-corrected chi connectivity index (χ0v) is 19.2. The van der Waals surface area contributed by atoms with E-state index < -0.39 is 5.97 Å². The molecule has 3 aromatic rings. The van der Waals surface area contributed by atoms with Crippen molar-refractivity contribution in [3.8, 4) is 0 Å². The third-order valence-electron chi connectivity index (χ3n) is 5.55. The second kappa shape index (κ2) is 9.06. The zero-order chi connectivity index (χ0) is 22.1. The molecule has 7 nitrogen and oxygen atoms in total. The summed E-state index contributed by atoms with van der Waals surface area (Å²) in [6, 6.07) is 7.23. The number of carbonyl (C=O) groups excluding carboxylic acids is 1. The van der Waals surface area contributed by atoms with Crippen LogP contribution in [0.15, 0.2) is 34.0 Å². The molecule has 0 spiro atoms. The number of fused-ring (bicyclic) bond motifs is 2. The molecule has 9 heteroatoms. The van der Waals surface area contributed by atoms with E-state index in [-0.39, 0.29) is 30.7 Å². The molecule has 1 N–H and O–H groups in total. The Morgan fingerprint density at radius 1 is 1.29 bits per heavy atom. The van der Waals surface area contributed by atoms with Gasteiger partial charge in [0.2, 0.25) is 0 Å². The van der Waals surface area contributed by atoms with Crippen molar-refractivity contribution in [2.75, 3.05) is 25.3 Å². The number of anilines is 1. The smallest absolute Gasteiger partial charge is 0.326 e. The average molecular weight is 462 g/mol. The van der Waals surface area contributed by atoms with Crippen LogP contribution in [-0.2, 0) is 20.8 Å². The van der Waals surface area contributed by atoms with E-state index in [2.05, 4.69) is 5.32 Å². The monoisotopic (exact) mass is 461 g/mol. The molecule has 1 fully saturated rings. The molecule has 0 radical (unpaired) electrons. The number of rotatable bonds is 7. The van der Waals surface area contributed by atoms with Crippen LogP contribution in [0.5, 0.6) is 0 Å². The second-order valence-electron chi connectivity index (χ2n) is 7.44. The maximum absolute atomic E-state index is 13.3. The highest BCUT2D eigenvalue weighted by Crippen LogP contribution is 2.34. The Morgan fingerprint density at radius 2 is 2.03 bits per heavy atom. The molecule has 1 aliphatic rings. The molecule has 0 atom stereocenters. The average Bonchev–Trinajstić information content (AvgIpc) is 2.73. The molecule has 164 valence electrons. The predicted octanol–water partition coefficient (Wildman–Crippen LogP) is 4.08. The summed E-state index contributed by atoms with van der Waals surface area (Å²) in [6.45, 7) is 1.96. The van der Waals surface area contributed by atoms with E-state index in [1.807, 2.05) is 6.26 Å². The summed E-state index contributed by atoms with van der Waals surface area (Å²) >= 11 is 7.86. The van der Waals surface area contributed by atoms with Crippen LogP contribution in [0.4, 0.5) is 5.82 Å². The summed E-state index contributed by atoms with van der Waals surface area (Å²) < 4.78 is 12.3. The Balaban J connectivity index is 1.91. The van der Waals surface area contributed by atoms with Crippen LogP contribution >= 0.6 is 23.4 Å². The maximum atomic E-state index is 13.3. The van der Waals surface area contributed by atoms with Crippen LogP contribution in [0.25, 0.3) is 21.9 Å². The van der Waals surface area contributed by atoms with Crippen molar-refractivity contribution in [3.63, 3.8) is 0 Å². The van der Waals surface area contributed by atoms with Gasteiger partial charge in [-0.3, -0.25) is 9.59 Å². The van der Waals surface area contributed by atoms with E-state index in [0.717, 1.165) is 17.7 Å². The third-order valence-corrected chi connectivity index (χ3v) is 6.80. The van der Waals surface area contributed by atoms with Crippen molar-refractivity contribution in [3.05, 3.63) is 39.5 Å². The minimum Gasteiger partial charge on any atom is -0.465 e. The minimum absolute atomic E-state index is 0.0688. The summed E-state index contributed by atoms with van der Waals surface area (Å²) in [5, 5.41) is 4.85. The highest BCUT2D eigenvalue weighted by molar-refractivity contribution is 7.99. The molecule has 0 saturated heterocycles. The van der Waals surface area contributed by atoms with Crippen molar-refractivity contribution >= 4 is 57.1 Å². The number of thioether (sulfide) groups is 1. The lowest BCUT2D eigenvalue weighted by atomic mass is 9.89. The molecular weight excluding hydrogens is 438 g/mol. The number of methoxy groups -OCH3 is 1. The van der Waals surface area contributed by atoms with Gasteiger partial charge in [-0.05, 0) is 50.3 Å². The van der Waals surface area contributed by atoms with Crippen LogP contribution in [0.1, 0.15) is 19.8 Å². The summed E-state index contributed by atoms with van der Waals surface area (Å²) in [6.07, 6.45) is 3.94. The summed E-state index contributed by atoms with van der Waals surface area (Å²) in [7, 11) is 1.71. The SMILES string of the molecule is CCOC(=O)Cn1c2nc(NC3CC(OC)C3)ccc2c(=O)c2ccc(Cl)c(SC)c21. The number of carbonyl (C=O) groups is 1. The van der Waals surface area contributed by atoms with Gasteiger partial charge < -0.3 is 19.4 Å². The molecule has 1 saturated carbocycles. The van der Waals surface area contributed by atoms with Crippen LogP contribution in [0.2, 0.25) is 5.02 Å². The van der Waals surface area contributed by atoms with Crippen LogP contribution in [0.3, 0.4) is 0 Å². The first-order valence-corrected chi connectivity index (χ1v) is 11.7. The number of hydrogen-bond donors (Lipinski definition) is 1. The van der Waals surface area contributed by atoms with Crippen molar-refractivity contribution in [1.29, 1.82) is 0 Å². The number of nitrogens with zero attached hydrogens (tertiary/aromatic N) is 2. The predicted molar refractivity (Wildman–Crippen MR) is 124 cm³/mol. The van der Waals surface area contributed by atoms with Crippen LogP contribution in [-0.4, -0.2) is 47.6 Å².